The Labute approximate surface area is 109 Å². The molecular formula is C17H19N. The molecular weight excluding hydrogens is 218 g/mol. The monoisotopic (exact) mass is 237 g/mol. The maximum atomic E-state index is 8.80. The molecule has 2 aliphatic rings. The van der Waals surface area contributed by atoms with Gasteiger partial charge in [-0.2, -0.15) is 5.26 Å². The van der Waals surface area contributed by atoms with E-state index < -0.39 is 0 Å². The summed E-state index contributed by atoms with van der Waals surface area (Å²) in [5.74, 6) is 2.55. The maximum Gasteiger partial charge on any atom is 0.0991 e. The lowest BCUT2D eigenvalue weighted by Gasteiger charge is -2.20. The van der Waals surface area contributed by atoms with Gasteiger partial charge in [0.2, 0.25) is 0 Å². The molecule has 0 bridgehead atoms. The van der Waals surface area contributed by atoms with Crippen molar-refractivity contribution in [2.45, 2.75) is 27.2 Å². The van der Waals surface area contributed by atoms with E-state index in [9.17, 15) is 0 Å². The van der Waals surface area contributed by atoms with Gasteiger partial charge in [0.05, 0.1) is 11.6 Å². The van der Waals surface area contributed by atoms with Gasteiger partial charge in [-0.3, -0.25) is 0 Å². The first-order valence-electron chi connectivity index (χ1n) is 6.72. The van der Waals surface area contributed by atoms with Gasteiger partial charge in [-0.1, -0.05) is 39.0 Å². The normalized spacial score (nSPS) is 29.4. The Bertz CT molecular complexity index is 536. The third-order valence-electron chi connectivity index (χ3n) is 4.46. The number of allylic oxidation sites excluding steroid dienone is 2. The average Bonchev–Trinajstić information content (AvgIpc) is 2.87. The summed E-state index contributed by atoms with van der Waals surface area (Å²) in [6, 6.07) is 10.2. The molecule has 1 fully saturated rings. The highest BCUT2D eigenvalue weighted by Crippen LogP contribution is 2.64. The number of benzene rings is 1. The van der Waals surface area contributed by atoms with Crippen molar-refractivity contribution < 1.29 is 0 Å². The second-order valence-electron chi connectivity index (χ2n) is 6.72. The summed E-state index contributed by atoms with van der Waals surface area (Å²) in [4.78, 5) is 0. The fourth-order valence-corrected chi connectivity index (χ4v) is 3.64. The lowest BCUT2D eigenvalue weighted by Crippen LogP contribution is -2.11. The summed E-state index contributed by atoms with van der Waals surface area (Å²) in [6.07, 6.45) is 3.69. The molecule has 1 nitrogen and oxygen atoms in total. The van der Waals surface area contributed by atoms with Crippen molar-refractivity contribution in [3.8, 4) is 6.07 Å². The molecule has 2 aliphatic carbocycles. The number of hydrogen-bond donors (Lipinski definition) is 0. The number of fused-ring (bicyclic) bond motifs is 1. The standard InChI is InChI=1S/C17H19N/c1-17(2,3)16-14-8-13(9-15(14)16)12-6-4-11(10-18)5-7-12/h4-8,14-16H,9H2,1-3H3. The van der Waals surface area contributed by atoms with Gasteiger partial charge in [-0.15, -0.1) is 0 Å². The van der Waals surface area contributed by atoms with Crippen LogP contribution < -0.4 is 0 Å². The highest BCUT2D eigenvalue weighted by atomic mass is 14.6. The zero-order valence-corrected chi connectivity index (χ0v) is 11.3. The topological polar surface area (TPSA) is 23.8 Å². The predicted octanol–water partition coefficient (Wildman–Crippen LogP) is 4.25. The number of hydrogen-bond acceptors (Lipinski definition) is 1. The van der Waals surface area contributed by atoms with Crippen LogP contribution in [0.4, 0.5) is 0 Å². The summed E-state index contributed by atoms with van der Waals surface area (Å²) >= 11 is 0. The lowest BCUT2D eigenvalue weighted by atomic mass is 9.85. The van der Waals surface area contributed by atoms with Gasteiger partial charge in [0.1, 0.15) is 0 Å². The van der Waals surface area contributed by atoms with Crippen LogP contribution in [-0.2, 0) is 0 Å². The highest BCUT2D eigenvalue weighted by Gasteiger charge is 2.56. The molecule has 0 aliphatic heterocycles. The minimum atomic E-state index is 0.446. The molecule has 0 aromatic heterocycles. The molecule has 0 radical (unpaired) electrons. The van der Waals surface area contributed by atoms with Gasteiger partial charge >= 0.3 is 0 Å². The molecule has 3 rings (SSSR count). The fourth-order valence-electron chi connectivity index (χ4n) is 3.64. The zero-order chi connectivity index (χ0) is 12.9. The third kappa shape index (κ3) is 1.77. The van der Waals surface area contributed by atoms with E-state index >= 15 is 0 Å². The van der Waals surface area contributed by atoms with Gasteiger partial charge in [-0.25, -0.2) is 0 Å². The van der Waals surface area contributed by atoms with Crippen molar-refractivity contribution in [3.63, 3.8) is 0 Å². The molecule has 0 spiro atoms. The van der Waals surface area contributed by atoms with Crippen LogP contribution in [0, 0.1) is 34.5 Å². The van der Waals surface area contributed by atoms with Crippen molar-refractivity contribution in [2.75, 3.05) is 0 Å². The Balaban J connectivity index is 1.78. The van der Waals surface area contributed by atoms with Crippen LogP contribution in [0.5, 0.6) is 0 Å². The van der Waals surface area contributed by atoms with Crippen molar-refractivity contribution in [1.82, 2.24) is 0 Å². The number of nitriles is 1. The van der Waals surface area contributed by atoms with Crippen LogP contribution in [0.15, 0.2) is 30.3 Å². The molecule has 1 heteroatoms. The largest absolute Gasteiger partial charge is 0.192 e. The molecule has 18 heavy (non-hydrogen) atoms. The quantitative estimate of drug-likeness (QED) is 0.716. The third-order valence-corrected chi connectivity index (χ3v) is 4.46. The number of nitrogens with zero attached hydrogens (tertiary/aromatic N) is 1. The van der Waals surface area contributed by atoms with Crippen LogP contribution in [0.2, 0.25) is 0 Å². The minimum Gasteiger partial charge on any atom is -0.192 e. The van der Waals surface area contributed by atoms with Crippen molar-refractivity contribution in [2.24, 2.45) is 23.2 Å². The fraction of sp³-hybridized carbons (Fsp3) is 0.471. The highest BCUT2D eigenvalue weighted by molar-refractivity contribution is 5.70. The Kier molecular flexibility index (Phi) is 2.38. The van der Waals surface area contributed by atoms with Gasteiger partial charge in [0.15, 0.2) is 0 Å². The number of rotatable bonds is 1. The first kappa shape index (κ1) is 11.5. The van der Waals surface area contributed by atoms with E-state index in [-0.39, 0.29) is 0 Å². The van der Waals surface area contributed by atoms with Crippen LogP contribution >= 0.6 is 0 Å². The van der Waals surface area contributed by atoms with E-state index in [4.69, 9.17) is 5.26 Å². The molecule has 3 atom stereocenters. The van der Waals surface area contributed by atoms with Gasteiger partial charge in [-0.05, 0) is 52.9 Å². The first-order chi connectivity index (χ1) is 8.50. The lowest BCUT2D eigenvalue weighted by molar-refractivity contribution is 0.322. The van der Waals surface area contributed by atoms with Crippen LogP contribution in [0.1, 0.15) is 38.3 Å². The molecule has 92 valence electrons. The molecule has 0 saturated heterocycles. The zero-order valence-electron chi connectivity index (χ0n) is 11.3. The Hall–Kier alpha value is -1.55. The van der Waals surface area contributed by atoms with E-state index in [2.05, 4.69) is 45.0 Å². The first-order valence-corrected chi connectivity index (χ1v) is 6.72. The smallest absolute Gasteiger partial charge is 0.0991 e. The Morgan fingerprint density at radius 3 is 2.28 bits per heavy atom. The molecule has 0 heterocycles. The summed E-state index contributed by atoms with van der Waals surface area (Å²) in [6.45, 7) is 7.06. The van der Waals surface area contributed by atoms with E-state index in [0.29, 0.717) is 5.41 Å². The SMILES string of the molecule is CC(C)(C)C1C2C=C(c3ccc(C#N)cc3)CC21. The van der Waals surface area contributed by atoms with E-state index in [0.717, 1.165) is 23.3 Å². The summed E-state index contributed by atoms with van der Waals surface area (Å²) in [7, 11) is 0. The van der Waals surface area contributed by atoms with Crippen molar-refractivity contribution in [1.29, 1.82) is 5.26 Å². The summed E-state index contributed by atoms with van der Waals surface area (Å²) in [5, 5.41) is 8.80. The van der Waals surface area contributed by atoms with Gasteiger partial charge in [0, 0.05) is 0 Å². The Morgan fingerprint density at radius 2 is 1.83 bits per heavy atom. The van der Waals surface area contributed by atoms with Gasteiger partial charge in [0.25, 0.3) is 0 Å². The molecule has 0 N–H and O–H groups in total. The van der Waals surface area contributed by atoms with E-state index in [1.165, 1.54) is 17.6 Å². The van der Waals surface area contributed by atoms with Gasteiger partial charge < -0.3 is 0 Å². The van der Waals surface area contributed by atoms with Crippen LogP contribution in [0.25, 0.3) is 5.57 Å². The minimum absolute atomic E-state index is 0.446. The molecule has 1 aromatic carbocycles. The van der Waals surface area contributed by atoms with E-state index in [1.54, 1.807) is 0 Å². The summed E-state index contributed by atoms with van der Waals surface area (Å²) < 4.78 is 0. The van der Waals surface area contributed by atoms with Crippen LogP contribution in [0.3, 0.4) is 0 Å². The second kappa shape index (κ2) is 3.72. The maximum absolute atomic E-state index is 8.80. The summed E-state index contributed by atoms with van der Waals surface area (Å²) in [5.41, 5.74) is 3.97. The van der Waals surface area contributed by atoms with Crippen molar-refractivity contribution in [3.05, 3.63) is 41.5 Å². The average molecular weight is 237 g/mol. The van der Waals surface area contributed by atoms with E-state index in [1.807, 2.05) is 12.1 Å². The van der Waals surface area contributed by atoms with Crippen LogP contribution in [-0.4, -0.2) is 0 Å². The predicted molar refractivity (Wildman–Crippen MR) is 73.7 cm³/mol. The molecule has 1 aromatic rings. The molecule has 0 amide bonds. The van der Waals surface area contributed by atoms with Crippen molar-refractivity contribution >= 4 is 5.57 Å². The molecule has 3 unspecified atom stereocenters. The second-order valence-corrected chi connectivity index (χ2v) is 6.72. The molecule has 1 saturated carbocycles. The Morgan fingerprint density at radius 1 is 1.17 bits per heavy atom.